The smallest absolute Gasteiger partial charge is 0.119 e. The lowest BCUT2D eigenvalue weighted by Crippen LogP contribution is -2.53. The number of rotatable bonds is 4. The van der Waals surface area contributed by atoms with E-state index in [9.17, 15) is 0 Å². The zero-order chi connectivity index (χ0) is 12.0. The molecule has 0 saturated heterocycles. The van der Waals surface area contributed by atoms with Gasteiger partial charge in [0.2, 0.25) is 0 Å². The summed E-state index contributed by atoms with van der Waals surface area (Å²) in [4.78, 5) is 0. The molecule has 2 fully saturated rings. The summed E-state index contributed by atoms with van der Waals surface area (Å²) in [5.74, 6) is 0. The van der Waals surface area contributed by atoms with Gasteiger partial charge in [0, 0.05) is 12.6 Å². The first-order valence-electron chi connectivity index (χ1n) is 7.76. The monoisotopic (exact) mass is 239 g/mol. The summed E-state index contributed by atoms with van der Waals surface area (Å²) >= 11 is 0. The Morgan fingerprint density at radius 2 is 1.53 bits per heavy atom. The second-order valence-corrected chi connectivity index (χ2v) is 5.82. The Morgan fingerprint density at radius 3 is 2.12 bits per heavy atom. The van der Waals surface area contributed by atoms with E-state index in [1.807, 2.05) is 0 Å². The Kier molecular flexibility index (Phi) is 5.30. The van der Waals surface area contributed by atoms with E-state index >= 15 is 0 Å². The third-order valence-electron chi connectivity index (χ3n) is 4.40. The summed E-state index contributed by atoms with van der Waals surface area (Å²) in [6.45, 7) is 2.98. The lowest BCUT2D eigenvalue weighted by molar-refractivity contribution is -0.0973. The second kappa shape index (κ2) is 6.75. The molecule has 0 amide bonds. The zero-order valence-electron chi connectivity index (χ0n) is 11.5. The maximum absolute atomic E-state index is 6.10. The molecule has 2 heteroatoms. The van der Waals surface area contributed by atoms with E-state index < -0.39 is 0 Å². The molecule has 0 aliphatic heterocycles. The highest BCUT2D eigenvalue weighted by molar-refractivity contribution is 4.86. The second-order valence-electron chi connectivity index (χ2n) is 5.82. The zero-order valence-corrected chi connectivity index (χ0v) is 11.5. The Bertz CT molecular complexity index is 197. The first kappa shape index (κ1) is 13.4. The van der Waals surface area contributed by atoms with Crippen molar-refractivity contribution < 1.29 is 4.74 Å². The topological polar surface area (TPSA) is 21.3 Å². The number of ether oxygens (including phenoxy) is 1. The lowest BCUT2D eigenvalue weighted by atomic mass is 9.90. The van der Waals surface area contributed by atoms with Gasteiger partial charge in [-0.05, 0) is 45.4 Å². The third-order valence-corrected chi connectivity index (χ3v) is 4.40. The van der Waals surface area contributed by atoms with Crippen molar-refractivity contribution in [1.29, 1.82) is 0 Å². The molecule has 2 aliphatic rings. The molecule has 2 saturated carbocycles. The number of hydrogen-bond donors (Lipinski definition) is 1. The van der Waals surface area contributed by atoms with E-state index in [4.69, 9.17) is 4.74 Å². The van der Waals surface area contributed by atoms with Crippen LogP contribution in [0.25, 0.3) is 0 Å². The highest BCUT2D eigenvalue weighted by atomic mass is 16.5. The minimum absolute atomic E-state index is 0.0298. The van der Waals surface area contributed by atoms with Crippen molar-refractivity contribution in [3.63, 3.8) is 0 Å². The molecule has 100 valence electrons. The van der Waals surface area contributed by atoms with Gasteiger partial charge >= 0.3 is 0 Å². The van der Waals surface area contributed by atoms with Gasteiger partial charge in [0.15, 0.2) is 0 Å². The van der Waals surface area contributed by atoms with Crippen LogP contribution in [0.4, 0.5) is 0 Å². The van der Waals surface area contributed by atoms with Crippen LogP contribution in [0.5, 0.6) is 0 Å². The maximum Gasteiger partial charge on any atom is 0.119 e. The molecule has 2 rings (SSSR count). The molecular formula is C15H29NO. The standard InChI is InChI=1S/C15H29NO/c1-2-17-15(12-8-5-9-13-15)16-14-10-6-3-4-7-11-14/h14,16H,2-13H2,1H3. The predicted molar refractivity (Wildman–Crippen MR) is 72.1 cm³/mol. The maximum atomic E-state index is 6.10. The minimum atomic E-state index is 0.0298. The molecule has 2 nitrogen and oxygen atoms in total. The molecule has 17 heavy (non-hydrogen) atoms. The van der Waals surface area contributed by atoms with Crippen LogP contribution in [0, 0.1) is 0 Å². The van der Waals surface area contributed by atoms with Crippen molar-refractivity contribution >= 4 is 0 Å². The van der Waals surface area contributed by atoms with Crippen LogP contribution in [0.3, 0.4) is 0 Å². The molecule has 0 radical (unpaired) electrons. The van der Waals surface area contributed by atoms with Crippen LogP contribution in [-0.4, -0.2) is 18.4 Å². The third kappa shape index (κ3) is 3.96. The molecule has 0 aromatic rings. The van der Waals surface area contributed by atoms with Crippen molar-refractivity contribution in [3.8, 4) is 0 Å². The van der Waals surface area contributed by atoms with Crippen molar-refractivity contribution in [3.05, 3.63) is 0 Å². The Labute approximate surface area is 107 Å². The van der Waals surface area contributed by atoms with E-state index in [1.165, 1.54) is 70.6 Å². The fourth-order valence-electron chi connectivity index (χ4n) is 3.53. The van der Waals surface area contributed by atoms with Crippen molar-refractivity contribution in [2.45, 2.75) is 89.3 Å². The minimum Gasteiger partial charge on any atom is -0.361 e. The van der Waals surface area contributed by atoms with E-state index in [0.717, 1.165) is 6.61 Å². The molecule has 0 heterocycles. The van der Waals surface area contributed by atoms with Gasteiger partial charge in [-0.25, -0.2) is 0 Å². The van der Waals surface area contributed by atoms with Gasteiger partial charge in [0.25, 0.3) is 0 Å². The van der Waals surface area contributed by atoms with Crippen LogP contribution in [0.1, 0.15) is 77.6 Å². The average Bonchev–Trinajstić information content (AvgIpc) is 2.59. The first-order valence-corrected chi connectivity index (χ1v) is 7.76. The van der Waals surface area contributed by atoms with Crippen LogP contribution < -0.4 is 5.32 Å². The summed E-state index contributed by atoms with van der Waals surface area (Å²) in [6.07, 6.45) is 14.9. The van der Waals surface area contributed by atoms with E-state index in [1.54, 1.807) is 0 Å². The van der Waals surface area contributed by atoms with Crippen molar-refractivity contribution in [2.75, 3.05) is 6.61 Å². The molecule has 0 bridgehead atoms. The van der Waals surface area contributed by atoms with E-state index in [-0.39, 0.29) is 5.72 Å². The summed E-state index contributed by atoms with van der Waals surface area (Å²) in [5, 5.41) is 3.89. The van der Waals surface area contributed by atoms with Gasteiger partial charge < -0.3 is 4.74 Å². The average molecular weight is 239 g/mol. The van der Waals surface area contributed by atoms with Crippen LogP contribution in [0.15, 0.2) is 0 Å². The predicted octanol–water partition coefficient (Wildman–Crippen LogP) is 4.00. The fraction of sp³-hybridized carbons (Fsp3) is 1.00. The lowest BCUT2D eigenvalue weighted by Gasteiger charge is -2.40. The van der Waals surface area contributed by atoms with Crippen molar-refractivity contribution in [1.82, 2.24) is 5.32 Å². The highest BCUT2D eigenvalue weighted by Gasteiger charge is 2.34. The van der Waals surface area contributed by atoms with Gasteiger partial charge in [-0.2, -0.15) is 0 Å². The molecule has 0 unspecified atom stereocenters. The van der Waals surface area contributed by atoms with Gasteiger partial charge in [-0.1, -0.05) is 32.1 Å². The fourth-order valence-corrected chi connectivity index (χ4v) is 3.53. The van der Waals surface area contributed by atoms with E-state index in [0.29, 0.717) is 6.04 Å². The summed E-state index contributed by atoms with van der Waals surface area (Å²) in [6, 6.07) is 0.710. The van der Waals surface area contributed by atoms with Gasteiger partial charge in [0.05, 0.1) is 0 Å². The molecule has 1 N–H and O–H groups in total. The molecule has 0 aromatic carbocycles. The van der Waals surface area contributed by atoms with Crippen LogP contribution in [0.2, 0.25) is 0 Å². The van der Waals surface area contributed by atoms with Gasteiger partial charge in [-0.15, -0.1) is 0 Å². The SMILES string of the molecule is CCOC1(NC2CCCCCC2)CCCCC1. The molecule has 0 atom stereocenters. The van der Waals surface area contributed by atoms with E-state index in [2.05, 4.69) is 12.2 Å². The number of hydrogen-bond acceptors (Lipinski definition) is 2. The van der Waals surface area contributed by atoms with Gasteiger partial charge in [-0.3, -0.25) is 5.32 Å². The molecule has 0 spiro atoms. The largest absolute Gasteiger partial charge is 0.361 e. The molecule has 0 aromatic heterocycles. The highest BCUT2D eigenvalue weighted by Crippen LogP contribution is 2.31. The summed E-state index contributed by atoms with van der Waals surface area (Å²) in [7, 11) is 0. The normalized spacial score (nSPS) is 26.6. The Balaban J connectivity index is 1.90. The Morgan fingerprint density at radius 1 is 0.941 bits per heavy atom. The molecule has 2 aliphatic carbocycles. The summed E-state index contributed by atoms with van der Waals surface area (Å²) in [5.41, 5.74) is 0.0298. The quantitative estimate of drug-likeness (QED) is 0.591. The van der Waals surface area contributed by atoms with Crippen molar-refractivity contribution in [2.24, 2.45) is 0 Å². The molecular weight excluding hydrogens is 210 g/mol. The number of nitrogens with one attached hydrogen (secondary N) is 1. The summed E-state index contributed by atoms with van der Waals surface area (Å²) < 4.78 is 6.10. The first-order chi connectivity index (χ1) is 8.35. The Hall–Kier alpha value is -0.0800. The van der Waals surface area contributed by atoms with Crippen LogP contribution in [-0.2, 0) is 4.74 Å². The van der Waals surface area contributed by atoms with Crippen LogP contribution >= 0.6 is 0 Å². The van der Waals surface area contributed by atoms with Gasteiger partial charge in [0.1, 0.15) is 5.72 Å².